The molecule has 1 saturated carbocycles. The molecular formula is C22H27N5O3. The van der Waals surface area contributed by atoms with Gasteiger partial charge < -0.3 is 26.4 Å². The number of hydrogen-bond donors (Lipinski definition) is 3. The normalized spacial score (nSPS) is 18.8. The van der Waals surface area contributed by atoms with Gasteiger partial charge in [0.15, 0.2) is 0 Å². The molecule has 2 aromatic rings. The minimum absolute atomic E-state index is 0.0644. The smallest absolute Gasteiger partial charge is 0.254 e. The van der Waals surface area contributed by atoms with Gasteiger partial charge in [-0.15, -0.1) is 0 Å². The van der Waals surface area contributed by atoms with Gasteiger partial charge in [-0.1, -0.05) is 12.1 Å². The molecule has 30 heavy (non-hydrogen) atoms. The number of nitrogens with zero attached hydrogens (tertiary/aromatic N) is 3. The second-order valence-corrected chi connectivity index (χ2v) is 8.18. The molecule has 5 N–H and O–H groups in total. The van der Waals surface area contributed by atoms with Crippen molar-refractivity contribution in [2.45, 2.75) is 31.4 Å². The first kappa shape index (κ1) is 20.3. The zero-order valence-electron chi connectivity index (χ0n) is 17.0. The van der Waals surface area contributed by atoms with E-state index in [0.29, 0.717) is 50.4 Å². The summed E-state index contributed by atoms with van der Waals surface area (Å²) in [6.45, 7) is 3.67. The number of amides is 2. The number of nitrogen functional groups attached to an aromatic ring is 1. The third-order valence-electron chi connectivity index (χ3n) is 5.88. The van der Waals surface area contributed by atoms with Crippen molar-refractivity contribution in [3.8, 4) is 11.1 Å². The number of carbonyl (C=O) groups is 2. The predicted octanol–water partition coefficient (Wildman–Crippen LogP) is 1.16. The summed E-state index contributed by atoms with van der Waals surface area (Å²) >= 11 is 0. The van der Waals surface area contributed by atoms with Gasteiger partial charge in [-0.3, -0.25) is 9.59 Å². The summed E-state index contributed by atoms with van der Waals surface area (Å²) in [4.78, 5) is 32.7. The molecule has 2 fully saturated rings. The third-order valence-corrected chi connectivity index (χ3v) is 5.88. The minimum Gasteiger partial charge on any atom is -0.383 e. The Morgan fingerprint density at radius 2 is 1.67 bits per heavy atom. The van der Waals surface area contributed by atoms with E-state index in [0.717, 1.165) is 16.7 Å². The average molecular weight is 409 g/mol. The van der Waals surface area contributed by atoms with E-state index in [1.165, 1.54) is 0 Å². The van der Waals surface area contributed by atoms with Gasteiger partial charge in [0.25, 0.3) is 11.8 Å². The van der Waals surface area contributed by atoms with Crippen LogP contribution in [-0.2, 0) is 4.79 Å². The molecular weight excluding hydrogens is 382 g/mol. The van der Waals surface area contributed by atoms with Crippen LogP contribution in [-0.4, -0.2) is 63.5 Å². The van der Waals surface area contributed by atoms with E-state index >= 15 is 0 Å². The molecule has 2 aliphatic rings. The Morgan fingerprint density at radius 3 is 2.23 bits per heavy atom. The lowest BCUT2D eigenvalue weighted by Crippen LogP contribution is -2.53. The highest BCUT2D eigenvalue weighted by molar-refractivity contribution is 5.95. The highest BCUT2D eigenvalue weighted by Gasteiger charge is 2.50. The molecule has 4 rings (SSSR count). The predicted molar refractivity (Wildman–Crippen MR) is 113 cm³/mol. The molecule has 1 aliphatic heterocycles. The fourth-order valence-corrected chi connectivity index (χ4v) is 3.74. The molecule has 1 aromatic carbocycles. The highest BCUT2D eigenvalue weighted by atomic mass is 16.3. The quantitative estimate of drug-likeness (QED) is 0.696. The lowest BCUT2D eigenvalue weighted by atomic mass is 10.0. The van der Waals surface area contributed by atoms with Gasteiger partial charge in [0.05, 0.1) is 0 Å². The maximum absolute atomic E-state index is 12.8. The van der Waals surface area contributed by atoms with Gasteiger partial charge in [-0.25, -0.2) is 4.98 Å². The van der Waals surface area contributed by atoms with Crippen molar-refractivity contribution in [2.75, 3.05) is 31.9 Å². The van der Waals surface area contributed by atoms with Crippen LogP contribution >= 0.6 is 0 Å². The Hall–Kier alpha value is -2.97. The first-order chi connectivity index (χ1) is 14.3. The molecule has 1 aromatic heterocycles. The van der Waals surface area contributed by atoms with E-state index < -0.39 is 5.60 Å². The average Bonchev–Trinajstić information content (AvgIpc) is 3.51. The molecule has 1 saturated heterocycles. The van der Waals surface area contributed by atoms with Crippen LogP contribution in [0.4, 0.5) is 5.82 Å². The summed E-state index contributed by atoms with van der Waals surface area (Å²) in [5.41, 5.74) is 13.9. The summed E-state index contributed by atoms with van der Waals surface area (Å²) in [6.07, 6.45) is 2.77. The summed E-state index contributed by atoms with van der Waals surface area (Å²) in [6, 6.07) is 9.06. The van der Waals surface area contributed by atoms with Gasteiger partial charge in [-0.2, -0.15) is 0 Å². The first-order valence-corrected chi connectivity index (χ1v) is 10.2. The Bertz CT molecular complexity index is 961. The van der Waals surface area contributed by atoms with E-state index in [9.17, 15) is 14.7 Å². The van der Waals surface area contributed by atoms with Crippen LogP contribution in [0.15, 0.2) is 36.5 Å². The van der Waals surface area contributed by atoms with Gasteiger partial charge in [0.2, 0.25) is 0 Å². The molecule has 2 heterocycles. The van der Waals surface area contributed by atoms with Gasteiger partial charge in [-0.05, 0) is 43.5 Å². The first-order valence-electron chi connectivity index (χ1n) is 10.2. The number of carbonyl (C=O) groups excluding carboxylic acids is 2. The van der Waals surface area contributed by atoms with Crippen molar-refractivity contribution in [1.29, 1.82) is 0 Å². The standard InChI is InChI=1S/C22H27N5O3/c1-14(23)18-12-17(13-25-19(18)24)15-2-4-16(5-3-15)20(28)26-8-10-27(11-9-26)21(29)22(30)6-7-22/h2-5,12-14,30H,6-11,23H2,1H3,(H2,24,25). The lowest BCUT2D eigenvalue weighted by molar-refractivity contribution is -0.143. The molecule has 0 spiro atoms. The fraction of sp³-hybridized carbons (Fsp3) is 0.409. The number of hydrogen-bond acceptors (Lipinski definition) is 6. The highest BCUT2D eigenvalue weighted by Crippen LogP contribution is 2.37. The molecule has 1 aliphatic carbocycles. The summed E-state index contributed by atoms with van der Waals surface area (Å²) in [5, 5.41) is 10.00. The van der Waals surface area contributed by atoms with Crippen LogP contribution < -0.4 is 11.5 Å². The molecule has 8 nitrogen and oxygen atoms in total. The molecule has 8 heteroatoms. The monoisotopic (exact) mass is 409 g/mol. The second-order valence-electron chi connectivity index (χ2n) is 8.18. The Morgan fingerprint density at radius 1 is 1.07 bits per heavy atom. The molecule has 1 atom stereocenters. The SMILES string of the molecule is CC(N)c1cc(-c2ccc(C(=O)N3CCN(C(=O)C4(O)CC4)CC3)cc2)cnc1N. The number of benzene rings is 1. The molecule has 2 amide bonds. The Kier molecular flexibility index (Phi) is 5.21. The number of piperazine rings is 1. The zero-order valence-corrected chi connectivity index (χ0v) is 17.0. The van der Waals surface area contributed by atoms with Crippen LogP contribution in [0.3, 0.4) is 0 Å². The summed E-state index contributed by atoms with van der Waals surface area (Å²) < 4.78 is 0. The number of nitrogens with two attached hydrogens (primary N) is 2. The Balaban J connectivity index is 1.41. The number of anilines is 1. The van der Waals surface area contributed by atoms with Crippen molar-refractivity contribution in [1.82, 2.24) is 14.8 Å². The van der Waals surface area contributed by atoms with E-state index in [2.05, 4.69) is 4.98 Å². The van der Waals surface area contributed by atoms with E-state index in [4.69, 9.17) is 11.5 Å². The van der Waals surface area contributed by atoms with Crippen molar-refractivity contribution in [3.05, 3.63) is 47.7 Å². The molecule has 0 bridgehead atoms. The molecule has 1 unspecified atom stereocenters. The summed E-state index contributed by atoms with van der Waals surface area (Å²) in [7, 11) is 0. The topological polar surface area (TPSA) is 126 Å². The Labute approximate surface area is 175 Å². The number of rotatable bonds is 4. The van der Waals surface area contributed by atoms with Crippen molar-refractivity contribution >= 4 is 17.6 Å². The second kappa shape index (κ2) is 7.70. The minimum atomic E-state index is -1.15. The zero-order chi connectivity index (χ0) is 21.5. The van der Waals surface area contributed by atoms with Crippen molar-refractivity contribution < 1.29 is 14.7 Å². The van der Waals surface area contributed by atoms with Crippen LogP contribution in [0.5, 0.6) is 0 Å². The third kappa shape index (κ3) is 3.88. The van der Waals surface area contributed by atoms with Crippen molar-refractivity contribution in [2.24, 2.45) is 5.73 Å². The molecule has 0 radical (unpaired) electrons. The van der Waals surface area contributed by atoms with Crippen LogP contribution in [0.1, 0.15) is 41.7 Å². The number of aromatic nitrogens is 1. The van der Waals surface area contributed by atoms with E-state index in [1.807, 2.05) is 25.1 Å². The number of aliphatic hydroxyl groups is 1. The van der Waals surface area contributed by atoms with E-state index in [1.54, 1.807) is 28.1 Å². The maximum Gasteiger partial charge on any atom is 0.254 e. The van der Waals surface area contributed by atoms with Crippen LogP contribution in [0.2, 0.25) is 0 Å². The van der Waals surface area contributed by atoms with Gasteiger partial charge in [0, 0.05) is 55.1 Å². The largest absolute Gasteiger partial charge is 0.383 e. The lowest BCUT2D eigenvalue weighted by Gasteiger charge is -2.35. The van der Waals surface area contributed by atoms with Crippen LogP contribution in [0, 0.1) is 0 Å². The van der Waals surface area contributed by atoms with Crippen molar-refractivity contribution in [3.63, 3.8) is 0 Å². The van der Waals surface area contributed by atoms with Gasteiger partial charge in [0.1, 0.15) is 11.4 Å². The fourth-order valence-electron chi connectivity index (χ4n) is 3.74. The maximum atomic E-state index is 12.8. The van der Waals surface area contributed by atoms with Gasteiger partial charge >= 0.3 is 0 Å². The van der Waals surface area contributed by atoms with E-state index in [-0.39, 0.29) is 17.9 Å². The summed E-state index contributed by atoms with van der Waals surface area (Å²) in [5.74, 6) is 0.152. The van der Waals surface area contributed by atoms with Crippen LogP contribution in [0.25, 0.3) is 11.1 Å². The number of pyridine rings is 1. The molecule has 158 valence electrons.